The van der Waals surface area contributed by atoms with Crippen LogP contribution in [0.3, 0.4) is 0 Å². The Bertz CT molecular complexity index is 702. The van der Waals surface area contributed by atoms with Crippen molar-refractivity contribution in [2.75, 3.05) is 26.2 Å². The molecule has 2 saturated heterocycles. The number of nitrogens with zero attached hydrogens (tertiary/aromatic N) is 2. The fraction of sp³-hybridized carbons (Fsp3) is 0.550. The van der Waals surface area contributed by atoms with Gasteiger partial charge in [0.15, 0.2) is 0 Å². The molecular weight excluding hydrogens is 314 g/mol. The van der Waals surface area contributed by atoms with E-state index in [1.807, 2.05) is 41.1 Å². The molecule has 0 spiro atoms. The molecule has 2 aromatic heterocycles. The van der Waals surface area contributed by atoms with Gasteiger partial charge in [-0.25, -0.2) is 0 Å². The molecule has 2 aromatic rings. The molecule has 0 saturated carbocycles. The van der Waals surface area contributed by atoms with E-state index in [1.54, 1.807) is 0 Å². The Labute approximate surface area is 149 Å². The molecular formula is C20H27N3O2. The lowest BCUT2D eigenvalue weighted by Gasteiger charge is -2.38. The zero-order valence-electron chi connectivity index (χ0n) is 14.9. The SMILES string of the molecule is CC1CN(CC2CCCO2)CCC1NC(=O)c1cc2ccccn2c1. The third kappa shape index (κ3) is 3.72. The Morgan fingerprint density at radius 2 is 2.28 bits per heavy atom. The number of carbonyl (C=O) groups is 1. The van der Waals surface area contributed by atoms with Crippen LogP contribution in [0.25, 0.3) is 5.52 Å². The average Bonchev–Trinajstić information content (AvgIpc) is 3.26. The summed E-state index contributed by atoms with van der Waals surface area (Å²) in [6.45, 7) is 6.26. The predicted molar refractivity (Wildman–Crippen MR) is 97.8 cm³/mol. The van der Waals surface area contributed by atoms with Crippen LogP contribution < -0.4 is 5.32 Å². The van der Waals surface area contributed by atoms with Crippen molar-refractivity contribution in [1.29, 1.82) is 0 Å². The van der Waals surface area contributed by atoms with Gasteiger partial charge < -0.3 is 19.4 Å². The van der Waals surface area contributed by atoms with Gasteiger partial charge in [0.25, 0.3) is 5.91 Å². The van der Waals surface area contributed by atoms with Gasteiger partial charge in [-0.1, -0.05) is 13.0 Å². The number of hydrogen-bond acceptors (Lipinski definition) is 3. The largest absolute Gasteiger partial charge is 0.377 e. The van der Waals surface area contributed by atoms with E-state index in [4.69, 9.17) is 4.74 Å². The minimum atomic E-state index is 0.0353. The molecule has 134 valence electrons. The van der Waals surface area contributed by atoms with Gasteiger partial charge in [0, 0.05) is 50.2 Å². The molecule has 0 radical (unpaired) electrons. The first-order chi connectivity index (χ1) is 12.2. The highest BCUT2D eigenvalue weighted by Gasteiger charge is 2.29. The number of amides is 1. The molecule has 2 fully saturated rings. The highest BCUT2D eigenvalue weighted by Crippen LogP contribution is 2.21. The Kier molecular flexibility index (Phi) is 4.77. The fourth-order valence-corrected chi connectivity index (χ4v) is 4.12. The maximum atomic E-state index is 12.6. The summed E-state index contributed by atoms with van der Waals surface area (Å²) in [7, 11) is 0. The highest BCUT2D eigenvalue weighted by molar-refractivity contribution is 5.95. The van der Waals surface area contributed by atoms with Crippen molar-refractivity contribution in [3.05, 3.63) is 42.2 Å². The first-order valence-electron chi connectivity index (χ1n) is 9.40. The van der Waals surface area contributed by atoms with Crippen LogP contribution in [-0.2, 0) is 4.74 Å². The van der Waals surface area contributed by atoms with Crippen molar-refractivity contribution in [2.45, 2.75) is 38.3 Å². The summed E-state index contributed by atoms with van der Waals surface area (Å²) < 4.78 is 7.74. The van der Waals surface area contributed by atoms with Crippen molar-refractivity contribution in [3.8, 4) is 0 Å². The first-order valence-corrected chi connectivity index (χ1v) is 9.40. The maximum Gasteiger partial charge on any atom is 0.253 e. The average molecular weight is 341 g/mol. The van der Waals surface area contributed by atoms with Crippen LogP contribution in [0.2, 0.25) is 0 Å². The molecule has 25 heavy (non-hydrogen) atoms. The summed E-state index contributed by atoms with van der Waals surface area (Å²) >= 11 is 0. The number of ether oxygens (including phenoxy) is 1. The molecule has 3 unspecified atom stereocenters. The lowest BCUT2D eigenvalue weighted by atomic mass is 9.93. The number of hydrogen-bond donors (Lipinski definition) is 1. The highest BCUT2D eigenvalue weighted by atomic mass is 16.5. The molecule has 4 rings (SSSR count). The summed E-state index contributed by atoms with van der Waals surface area (Å²) in [4.78, 5) is 15.1. The van der Waals surface area contributed by atoms with Crippen molar-refractivity contribution in [3.63, 3.8) is 0 Å². The number of likely N-dealkylation sites (tertiary alicyclic amines) is 1. The van der Waals surface area contributed by atoms with Gasteiger partial charge in [-0.05, 0) is 43.4 Å². The summed E-state index contributed by atoms with van der Waals surface area (Å²) in [6.07, 6.45) is 7.67. The van der Waals surface area contributed by atoms with Crippen molar-refractivity contribution < 1.29 is 9.53 Å². The van der Waals surface area contributed by atoms with E-state index in [9.17, 15) is 4.79 Å². The van der Waals surface area contributed by atoms with Crippen LogP contribution in [0.5, 0.6) is 0 Å². The van der Waals surface area contributed by atoms with Crippen LogP contribution in [0.15, 0.2) is 36.7 Å². The molecule has 3 atom stereocenters. The van der Waals surface area contributed by atoms with Gasteiger partial charge in [-0.15, -0.1) is 0 Å². The van der Waals surface area contributed by atoms with Crippen molar-refractivity contribution >= 4 is 11.4 Å². The van der Waals surface area contributed by atoms with E-state index < -0.39 is 0 Å². The van der Waals surface area contributed by atoms with E-state index in [2.05, 4.69) is 17.1 Å². The number of aromatic nitrogens is 1. The molecule has 1 amide bonds. The van der Waals surface area contributed by atoms with Gasteiger partial charge in [0.05, 0.1) is 11.7 Å². The van der Waals surface area contributed by atoms with Crippen LogP contribution >= 0.6 is 0 Å². The molecule has 2 aliphatic rings. The van der Waals surface area contributed by atoms with Gasteiger partial charge in [-0.2, -0.15) is 0 Å². The first kappa shape index (κ1) is 16.6. The molecule has 2 aliphatic heterocycles. The monoisotopic (exact) mass is 341 g/mol. The Morgan fingerprint density at radius 1 is 1.36 bits per heavy atom. The molecule has 5 heteroatoms. The van der Waals surface area contributed by atoms with E-state index in [0.717, 1.165) is 43.7 Å². The van der Waals surface area contributed by atoms with E-state index in [-0.39, 0.29) is 11.9 Å². The summed E-state index contributed by atoms with van der Waals surface area (Å²) in [5, 5.41) is 3.25. The fourth-order valence-electron chi connectivity index (χ4n) is 4.12. The molecule has 0 aromatic carbocycles. The van der Waals surface area contributed by atoms with Crippen LogP contribution in [0.1, 0.15) is 36.5 Å². The van der Waals surface area contributed by atoms with E-state index >= 15 is 0 Å². The molecule has 0 bridgehead atoms. The molecule has 4 heterocycles. The lowest BCUT2D eigenvalue weighted by Crippen LogP contribution is -2.51. The Balaban J connectivity index is 1.34. The molecule has 0 aliphatic carbocycles. The van der Waals surface area contributed by atoms with Gasteiger partial charge in [0.2, 0.25) is 0 Å². The maximum absolute atomic E-state index is 12.6. The summed E-state index contributed by atoms with van der Waals surface area (Å²) in [5.74, 6) is 0.490. The number of rotatable bonds is 4. The lowest BCUT2D eigenvalue weighted by molar-refractivity contribution is 0.0498. The van der Waals surface area contributed by atoms with E-state index in [1.165, 1.54) is 12.8 Å². The zero-order valence-corrected chi connectivity index (χ0v) is 14.9. The van der Waals surface area contributed by atoms with Crippen LogP contribution in [-0.4, -0.2) is 53.6 Å². The smallest absolute Gasteiger partial charge is 0.253 e. The number of carbonyl (C=O) groups excluding carboxylic acids is 1. The third-order valence-corrected chi connectivity index (χ3v) is 5.56. The Morgan fingerprint density at radius 3 is 3.04 bits per heavy atom. The second kappa shape index (κ2) is 7.18. The Hall–Kier alpha value is -1.85. The van der Waals surface area contributed by atoms with Crippen LogP contribution in [0, 0.1) is 5.92 Å². The zero-order chi connectivity index (χ0) is 17.2. The minimum absolute atomic E-state index is 0.0353. The van der Waals surface area contributed by atoms with Gasteiger partial charge in [-0.3, -0.25) is 4.79 Å². The number of fused-ring (bicyclic) bond motifs is 1. The minimum Gasteiger partial charge on any atom is -0.377 e. The molecule has 5 nitrogen and oxygen atoms in total. The predicted octanol–water partition coefficient (Wildman–Crippen LogP) is 2.56. The second-order valence-corrected chi connectivity index (χ2v) is 7.50. The van der Waals surface area contributed by atoms with Gasteiger partial charge in [0.1, 0.15) is 0 Å². The van der Waals surface area contributed by atoms with Crippen molar-refractivity contribution in [2.24, 2.45) is 5.92 Å². The summed E-state index contributed by atoms with van der Waals surface area (Å²) in [5.41, 5.74) is 1.78. The molecule has 1 N–H and O–H groups in total. The van der Waals surface area contributed by atoms with Crippen molar-refractivity contribution in [1.82, 2.24) is 14.6 Å². The van der Waals surface area contributed by atoms with E-state index in [0.29, 0.717) is 12.0 Å². The number of piperidine rings is 1. The number of nitrogens with one attached hydrogen (secondary N) is 1. The standard InChI is InChI=1S/C20H27N3O2/c1-15-12-22(14-18-6-4-10-25-18)9-7-19(15)21-20(24)16-11-17-5-2-3-8-23(17)13-16/h2-3,5,8,11,13,15,18-19H,4,6-7,9-10,12,14H2,1H3,(H,21,24). The topological polar surface area (TPSA) is 46.0 Å². The third-order valence-electron chi connectivity index (χ3n) is 5.56. The van der Waals surface area contributed by atoms with Gasteiger partial charge >= 0.3 is 0 Å². The normalized spacial score (nSPS) is 27.6. The second-order valence-electron chi connectivity index (χ2n) is 7.50. The summed E-state index contributed by atoms with van der Waals surface area (Å²) in [6, 6.07) is 8.18. The number of pyridine rings is 1. The quantitative estimate of drug-likeness (QED) is 0.930. The van der Waals surface area contributed by atoms with Crippen LogP contribution in [0.4, 0.5) is 0 Å².